The second-order valence-corrected chi connectivity index (χ2v) is 6.95. The molecule has 0 aliphatic carbocycles. The maximum atomic E-state index is 12.3. The molecule has 1 saturated heterocycles. The van der Waals surface area contributed by atoms with E-state index in [1.54, 1.807) is 6.20 Å². The number of H-pyrrole nitrogens is 1. The average molecular weight is 338 g/mol. The highest BCUT2D eigenvalue weighted by atomic mass is 16.2. The molecule has 1 atom stereocenters. The second-order valence-electron chi connectivity index (χ2n) is 6.95. The lowest BCUT2D eigenvalue weighted by Gasteiger charge is -2.19. The Morgan fingerprint density at radius 2 is 2.24 bits per heavy atom. The number of amides is 2. The number of carbonyl (C=O) groups is 1. The van der Waals surface area contributed by atoms with Gasteiger partial charge < -0.3 is 15.2 Å². The van der Waals surface area contributed by atoms with E-state index in [2.05, 4.69) is 20.3 Å². The number of rotatable bonds is 2. The lowest BCUT2D eigenvalue weighted by atomic mass is 9.99. The van der Waals surface area contributed by atoms with Crippen LogP contribution in [0.15, 0.2) is 18.5 Å². The van der Waals surface area contributed by atoms with Crippen molar-refractivity contribution in [1.29, 1.82) is 0 Å². The highest BCUT2D eigenvalue weighted by molar-refractivity contribution is 6.04. The van der Waals surface area contributed by atoms with Crippen molar-refractivity contribution < 1.29 is 4.79 Å². The number of hydrogen-bond donors (Lipinski definition) is 2. The molecule has 0 saturated carbocycles. The van der Waals surface area contributed by atoms with Crippen LogP contribution in [0.25, 0.3) is 21.9 Å². The lowest BCUT2D eigenvalue weighted by molar-refractivity contribution is 0.205. The number of hydrogen-bond acceptors (Lipinski definition) is 4. The first-order chi connectivity index (χ1) is 12.0. The first-order valence-corrected chi connectivity index (χ1v) is 8.68. The predicted molar refractivity (Wildman–Crippen MR) is 96.5 cm³/mol. The minimum atomic E-state index is 0.000965. The number of nitrogens with one attached hydrogen (secondary N) is 2. The van der Waals surface area contributed by atoms with Crippen LogP contribution < -0.4 is 5.32 Å². The Labute approximate surface area is 145 Å². The van der Waals surface area contributed by atoms with Gasteiger partial charge in [0.05, 0.1) is 17.4 Å². The van der Waals surface area contributed by atoms with Crippen molar-refractivity contribution in [3.05, 3.63) is 30.0 Å². The van der Waals surface area contributed by atoms with Crippen LogP contribution in [-0.4, -0.2) is 50.0 Å². The number of fused-ring (bicyclic) bond motifs is 3. The largest absolute Gasteiger partial charge is 0.346 e. The van der Waals surface area contributed by atoms with Crippen molar-refractivity contribution in [2.75, 3.05) is 13.1 Å². The summed E-state index contributed by atoms with van der Waals surface area (Å²) < 4.78 is 0. The molecule has 2 N–H and O–H groups in total. The fraction of sp³-hybridized carbons (Fsp3) is 0.444. The molecular formula is C18H22N6O. The Hall–Kier alpha value is -2.70. The molecule has 1 aliphatic heterocycles. The van der Waals surface area contributed by atoms with Crippen LogP contribution in [-0.2, 0) is 0 Å². The fourth-order valence-corrected chi connectivity index (χ4v) is 3.58. The lowest BCUT2D eigenvalue weighted by Crippen LogP contribution is -2.41. The summed E-state index contributed by atoms with van der Waals surface area (Å²) in [5.74, 6) is 0.951. The SMILES string of the molecule is Cc1nc(C2CCN(C(=O)NC(C)C)C2)c2c(cnc3[nH]ccc32)n1. The molecule has 1 aliphatic rings. The molecule has 0 aromatic carbocycles. The van der Waals surface area contributed by atoms with Gasteiger partial charge in [0.15, 0.2) is 0 Å². The smallest absolute Gasteiger partial charge is 0.317 e. The quantitative estimate of drug-likeness (QED) is 0.752. The molecule has 4 heterocycles. The van der Waals surface area contributed by atoms with Crippen LogP contribution in [0.3, 0.4) is 0 Å². The Bertz CT molecular complexity index is 947. The number of likely N-dealkylation sites (tertiary alicyclic amines) is 1. The van der Waals surface area contributed by atoms with Crippen molar-refractivity contribution in [2.45, 2.75) is 39.2 Å². The van der Waals surface area contributed by atoms with E-state index in [9.17, 15) is 4.79 Å². The summed E-state index contributed by atoms with van der Waals surface area (Å²) in [4.78, 5) is 31.1. The van der Waals surface area contributed by atoms with E-state index in [4.69, 9.17) is 4.98 Å². The van der Waals surface area contributed by atoms with Gasteiger partial charge in [-0.1, -0.05) is 0 Å². The van der Waals surface area contributed by atoms with E-state index in [1.165, 1.54) is 0 Å². The predicted octanol–water partition coefficient (Wildman–Crippen LogP) is 2.72. The minimum Gasteiger partial charge on any atom is -0.346 e. The van der Waals surface area contributed by atoms with Crippen molar-refractivity contribution in [3.8, 4) is 0 Å². The van der Waals surface area contributed by atoms with Gasteiger partial charge in [0.25, 0.3) is 0 Å². The highest BCUT2D eigenvalue weighted by Gasteiger charge is 2.30. The fourth-order valence-electron chi connectivity index (χ4n) is 3.58. The molecule has 0 spiro atoms. The molecule has 7 heteroatoms. The summed E-state index contributed by atoms with van der Waals surface area (Å²) in [5.41, 5.74) is 2.72. The van der Waals surface area contributed by atoms with Gasteiger partial charge in [0, 0.05) is 42.0 Å². The number of aryl methyl sites for hydroxylation is 1. The molecule has 7 nitrogen and oxygen atoms in total. The molecule has 0 radical (unpaired) electrons. The summed E-state index contributed by atoms with van der Waals surface area (Å²) in [7, 11) is 0. The van der Waals surface area contributed by atoms with E-state index in [0.29, 0.717) is 6.54 Å². The number of aromatic amines is 1. The van der Waals surface area contributed by atoms with Crippen molar-refractivity contribution in [2.24, 2.45) is 0 Å². The van der Waals surface area contributed by atoms with Gasteiger partial charge in [0.2, 0.25) is 0 Å². The molecule has 3 aromatic heterocycles. The van der Waals surface area contributed by atoms with Crippen LogP contribution in [0, 0.1) is 6.92 Å². The summed E-state index contributed by atoms with van der Waals surface area (Å²) in [5, 5.41) is 5.06. The summed E-state index contributed by atoms with van der Waals surface area (Å²) in [6.07, 6.45) is 4.59. The number of aromatic nitrogens is 4. The highest BCUT2D eigenvalue weighted by Crippen LogP contribution is 2.33. The zero-order chi connectivity index (χ0) is 17.6. The zero-order valence-electron chi connectivity index (χ0n) is 14.7. The molecule has 4 rings (SSSR count). The topological polar surface area (TPSA) is 86.8 Å². The summed E-state index contributed by atoms with van der Waals surface area (Å²) >= 11 is 0. The summed E-state index contributed by atoms with van der Waals surface area (Å²) in [6, 6.07) is 2.16. The Kier molecular flexibility index (Phi) is 3.78. The third-order valence-corrected chi connectivity index (χ3v) is 4.66. The molecule has 1 unspecified atom stereocenters. The Morgan fingerprint density at radius 1 is 1.40 bits per heavy atom. The van der Waals surface area contributed by atoms with E-state index in [-0.39, 0.29) is 18.0 Å². The van der Waals surface area contributed by atoms with Gasteiger partial charge in [-0.05, 0) is 33.3 Å². The molecule has 3 aromatic rings. The standard InChI is InChI=1S/C18H22N6O/c1-10(2)21-18(25)24-7-5-12(9-24)16-15-13-4-6-19-17(13)20-8-14(15)22-11(3)23-16/h4,6,8,10,12H,5,7,9H2,1-3H3,(H,19,20)(H,21,25). The number of pyridine rings is 1. The number of urea groups is 1. The first kappa shape index (κ1) is 15.8. The summed E-state index contributed by atoms with van der Waals surface area (Å²) in [6.45, 7) is 7.28. The molecule has 2 amide bonds. The number of carbonyl (C=O) groups excluding carboxylic acids is 1. The van der Waals surface area contributed by atoms with Crippen molar-refractivity contribution in [3.63, 3.8) is 0 Å². The van der Waals surface area contributed by atoms with Crippen LogP contribution in [0.5, 0.6) is 0 Å². The van der Waals surface area contributed by atoms with Gasteiger partial charge in [-0.15, -0.1) is 0 Å². The van der Waals surface area contributed by atoms with Crippen LogP contribution >= 0.6 is 0 Å². The maximum Gasteiger partial charge on any atom is 0.317 e. The molecular weight excluding hydrogens is 316 g/mol. The third-order valence-electron chi connectivity index (χ3n) is 4.66. The van der Waals surface area contributed by atoms with Crippen molar-refractivity contribution >= 4 is 28.0 Å². The van der Waals surface area contributed by atoms with Gasteiger partial charge in [-0.2, -0.15) is 0 Å². The number of nitrogens with zero attached hydrogens (tertiary/aromatic N) is 4. The first-order valence-electron chi connectivity index (χ1n) is 8.68. The van der Waals surface area contributed by atoms with E-state index in [1.807, 2.05) is 37.9 Å². The average Bonchev–Trinajstić information content (AvgIpc) is 3.22. The Morgan fingerprint density at radius 3 is 3.04 bits per heavy atom. The van der Waals surface area contributed by atoms with Gasteiger partial charge in [-0.25, -0.2) is 19.7 Å². The zero-order valence-corrected chi connectivity index (χ0v) is 14.7. The maximum absolute atomic E-state index is 12.3. The molecule has 0 bridgehead atoms. The van der Waals surface area contributed by atoms with E-state index in [0.717, 1.165) is 46.4 Å². The van der Waals surface area contributed by atoms with Gasteiger partial charge >= 0.3 is 6.03 Å². The molecule has 25 heavy (non-hydrogen) atoms. The van der Waals surface area contributed by atoms with E-state index >= 15 is 0 Å². The molecule has 130 valence electrons. The monoisotopic (exact) mass is 338 g/mol. The van der Waals surface area contributed by atoms with Gasteiger partial charge in [0.1, 0.15) is 11.5 Å². The van der Waals surface area contributed by atoms with Crippen molar-refractivity contribution in [1.82, 2.24) is 30.2 Å². The van der Waals surface area contributed by atoms with Crippen LogP contribution in [0.2, 0.25) is 0 Å². The minimum absolute atomic E-state index is 0.000965. The Balaban J connectivity index is 1.74. The molecule has 1 fully saturated rings. The van der Waals surface area contributed by atoms with Crippen LogP contribution in [0.1, 0.15) is 37.7 Å². The van der Waals surface area contributed by atoms with Gasteiger partial charge in [-0.3, -0.25) is 0 Å². The van der Waals surface area contributed by atoms with E-state index < -0.39 is 0 Å². The third kappa shape index (κ3) is 2.79. The second kappa shape index (κ2) is 5.98. The normalized spacial score (nSPS) is 17.8. The van der Waals surface area contributed by atoms with Crippen LogP contribution in [0.4, 0.5) is 4.79 Å².